The maximum absolute atomic E-state index is 14.1. The minimum absolute atomic E-state index is 0.0352. The highest BCUT2D eigenvalue weighted by Gasteiger charge is 2.72. The van der Waals surface area contributed by atoms with E-state index in [1.807, 2.05) is 5.32 Å². The number of aryl methyl sites for hydroxylation is 1. The fraction of sp³-hybridized carbons (Fsp3) is 0.615. The van der Waals surface area contributed by atoms with Crippen LogP contribution in [0.2, 0.25) is 0 Å². The normalized spacial score (nSPS) is 25.4. The van der Waals surface area contributed by atoms with Gasteiger partial charge in [-0.15, -0.1) is 0 Å². The summed E-state index contributed by atoms with van der Waals surface area (Å²) in [4.78, 5) is 31.2. The molecular weight excluding hydrogens is 640 g/mol. The second-order valence-electron chi connectivity index (χ2n) is 11.7. The zero-order valence-corrected chi connectivity index (χ0v) is 23.8. The first-order valence-corrected chi connectivity index (χ1v) is 14.1. The van der Waals surface area contributed by atoms with Gasteiger partial charge in [-0.25, -0.2) is 27.7 Å². The summed E-state index contributed by atoms with van der Waals surface area (Å²) in [7, 11) is 1.31. The maximum Gasteiger partial charge on any atom is 0.410 e. The fourth-order valence-corrected chi connectivity index (χ4v) is 6.35. The van der Waals surface area contributed by atoms with Crippen molar-refractivity contribution in [2.45, 2.75) is 62.1 Å². The average molecular weight is 667 g/mol. The van der Waals surface area contributed by atoms with E-state index in [-0.39, 0.29) is 42.0 Å². The zero-order chi connectivity index (χ0) is 33.2. The number of carbonyl (C=O) groups is 2. The molecule has 46 heavy (non-hydrogen) atoms. The van der Waals surface area contributed by atoms with Gasteiger partial charge < -0.3 is 20.3 Å². The predicted molar refractivity (Wildman–Crippen MR) is 136 cm³/mol. The van der Waals surface area contributed by atoms with Crippen LogP contribution in [0.4, 0.5) is 39.9 Å². The van der Waals surface area contributed by atoms with Gasteiger partial charge in [0.2, 0.25) is 0 Å². The number of ether oxygens (including phenoxy) is 1. The summed E-state index contributed by atoms with van der Waals surface area (Å²) in [5, 5.41) is 15.7. The molecule has 3 fully saturated rings. The first-order chi connectivity index (χ1) is 21.6. The molecule has 20 heteroatoms. The van der Waals surface area contributed by atoms with E-state index in [1.165, 1.54) is 30.1 Å². The van der Waals surface area contributed by atoms with E-state index in [2.05, 4.69) is 30.3 Å². The van der Waals surface area contributed by atoms with Crippen LogP contribution in [0, 0.1) is 17.8 Å². The Morgan fingerprint density at radius 3 is 2.54 bits per heavy atom. The molecule has 2 saturated carbocycles. The van der Waals surface area contributed by atoms with Crippen LogP contribution in [0.1, 0.15) is 58.8 Å². The molecule has 3 aliphatic rings. The number of amides is 3. The van der Waals surface area contributed by atoms with Gasteiger partial charge in [0, 0.05) is 37.4 Å². The summed E-state index contributed by atoms with van der Waals surface area (Å²) in [5.41, 5.74) is -0.203. The number of urea groups is 1. The van der Waals surface area contributed by atoms with Gasteiger partial charge in [-0.05, 0) is 30.0 Å². The second kappa shape index (κ2) is 11.3. The predicted octanol–water partition coefficient (Wildman–Crippen LogP) is 4.01. The van der Waals surface area contributed by atoms with E-state index in [0.717, 1.165) is 4.90 Å². The van der Waals surface area contributed by atoms with Crippen molar-refractivity contribution in [1.29, 1.82) is 0 Å². The van der Waals surface area contributed by atoms with Crippen LogP contribution in [0.3, 0.4) is 0 Å². The van der Waals surface area contributed by atoms with E-state index in [0.29, 0.717) is 0 Å². The number of hydrogen-bond donors (Lipinski definition) is 2. The zero-order valence-electron chi connectivity index (χ0n) is 23.8. The molecule has 12 nitrogen and oxygen atoms in total. The van der Waals surface area contributed by atoms with Crippen LogP contribution in [-0.4, -0.2) is 86.3 Å². The van der Waals surface area contributed by atoms with Gasteiger partial charge in [0.25, 0.3) is 11.8 Å². The van der Waals surface area contributed by atoms with Gasteiger partial charge in [-0.2, -0.15) is 31.4 Å². The Kier molecular flexibility index (Phi) is 7.83. The third-order valence-corrected chi connectivity index (χ3v) is 8.75. The molecule has 6 rings (SSSR count). The molecule has 3 aromatic rings. The summed E-state index contributed by atoms with van der Waals surface area (Å²) in [6, 6.07) is -3.56. The van der Waals surface area contributed by atoms with Gasteiger partial charge in [0.1, 0.15) is 11.7 Å². The average Bonchev–Trinajstić information content (AvgIpc) is 3.64. The number of halogens is 8. The van der Waals surface area contributed by atoms with Gasteiger partial charge >= 0.3 is 18.4 Å². The smallest absolute Gasteiger partial charge is 0.382 e. The highest BCUT2D eigenvalue weighted by Crippen LogP contribution is 2.67. The van der Waals surface area contributed by atoms with E-state index >= 15 is 0 Å². The number of fused-ring (bicyclic) bond motifs is 2. The van der Waals surface area contributed by atoms with E-state index in [9.17, 15) is 44.7 Å². The monoisotopic (exact) mass is 666 g/mol. The summed E-state index contributed by atoms with van der Waals surface area (Å²) in [5.74, 6) is -6.09. The van der Waals surface area contributed by atoms with Crippen LogP contribution >= 0.6 is 0 Å². The SMILES string of the molecule is COC[C@H](c1cnn2cc(C(NC(=O)c3nonc3CCC(F)(F)F)C3C[C@@H]4[C@H](C3)C4(F)F)nc2c1)N1C[C@@H](C(F)(F)F)NC1=O. The van der Waals surface area contributed by atoms with Crippen molar-refractivity contribution in [2.24, 2.45) is 17.8 Å². The third kappa shape index (κ3) is 6.05. The molecule has 2 N–H and O–H groups in total. The van der Waals surface area contributed by atoms with Crippen molar-refractivity contribution >= 4 is 17.6 Å². The van der Waals surface area contributed by atoms with Crippen LogP contribution in [0.5, 0.6) is 0 Å². The Labute approximate surface area is 253 Å². The first-order valence-electron chi connectivity index (χ1n) is 14.1. The van der Waals surface area contributed by atoms with Gasteiger partial charge in [0.15, 0.2) is 11.3 Å². The number of aromatic nitrogens is 5. The number of hydrogen-bond acceptors (Lipinski definition) is 8. The molecule has 0 aromatic carbocycles. The lowest BCUT2D eigenvalue weighted by Crippen LogP contribution is -2.40. The van der Waals surface area contributed by atoms with Crippen LogP contribution < -0.4 is 10.6 Å². The number of rotatable bonds is 10. The maximum atomic E-state index is 14.1. The van der Waals surface area contributed by atoms with Crippen molar-refractivity contribution in [3.05, 3.63) is 41.1 Å². The lowest BCUT2D eigenvalue weighted by molar-refractivity contribution is -0.150. The van der Waals surface area contributed by atoms with E-state index in [4.69, 9.17) is 4.74 Å². The molecule has 1 saturated heterocycles. The molecule has 250 valence electrons. The molecule has 3 amide bonds. The molecule has 2 unspecified atom stereocenters. The number of imidazole rings is 1. The number of nitrogens with one attached hydrogen (secondary N) is 2. The Morgan fingerprint density at radius 2 is 1.91 bits per heavy atom. The first kappa shape index (κ1) is 31.9. The number of nitrogens with zero attached hydrogens (tertiary/aromatic N) is 6. The van der Waals surface area contributed by atoms with Gasteiger partial charge in [-0.3, -0.25) is 4.79 Å². The molecule has 2 aliphatic carbocycles. The minimum atomic E-state index is -4.67. The van der Waals surface area contributed by atoms with Crippen LogP contribution in [-0.2, 0) is 11.2 Å². The fourth-order valence-electron chi connectivity index (χ4n) is 6.35. The Bertz CT molecular complexity index is 1610. The molecule has 3 aromatic heterocycles. The molecule has 0 spiro atoms. The highest BCUT2D eigenvalue weighted by molar-refractivity contribution is 5.93. The Hall–Kier alpha value is -4.10. The lowest BCUT2D eigenvalue weighted by Gasteiger charge is -2.26. The standard InChI is InChI=1S/C26H26F8N8O4/c1-45-10-17(41-9-18(26(32,33)34)37-23(41)44)12-6-19-36-16(8-42(19)35-7-12)20(11-4-13-14(5-11)25(13,30)31)38-22(43)21-15(39-46-40-21)2-3-24(27,28)29/h6-8,11,13-14,17-18,20H,2-5,9-10H2,1H3,(H,37,44)(H,38,43)/t11?,13-,14+,17-,18+,20?/m1/s1. The largest absolute Gasteiger partial charge is 0.410 e. The van der Waals surface area contributed by atoms with Crippen LogP contribution in [0.15, 0.2) is 23.1 Å². The summed E-state index contributed by atoms with van der Waals surface area (Å²) >= 11 is 0. The summed E-state index contributed by atoms with van der Waals surface area (Å²) < 4.78 is 117. The number of alkyl halides is 8. The third-order valence-electron chi connectivity index (χ3n) is 8.75. The van der Waals surface area contributed by atoms with E-state index in [1.54, 1.807) is 0 Å². The summed E-state index contributed by atoms with van der Waals surface area (Å²) in [6.07, 6.45) is -8.37. The van der Waals surface area contributed by atoms with Crippen molar-refractivity contribution in [2.75, 3.05) is 20.3 Å². The molecule has 1 aliphatic heterocycles. The Morgan fingerprint density at radius 1 is 1.20 bits per heavy atom. The molecule has 0 radical (unpaired) electrons. The quantitative estimate of drug-likeness (QED) is 0.310. The molecule has 6 atom stereocenters. The molecular formula is C26H26F8N8O4. The summed E-state index contributed by atoms with van der Waals surface area (Å²) in [6.45, 7) is -0.852. The highest BCUT2D eigenvalue weighted by atomic mass is 19.4. The van der Waals surface area contributed by atoms with Crippen molar-refractivity contribution in [3.8, 4) is 0 Å². The minimum Gasteiger partial charge on any atom is -0.382 e. The van der Waals surface area contributed by atoms with Crippen molar-refractivity contribution in [1.82, 2.24) is 40.4 Å². The topological polar surface area (TPSA) is 140 Å². The molecule has 4 heterocycles. The Balaban J connectivity index is 1.28. The van der Waals surface area contributed by atoms with Gasteiger partial charge in [0.05, 0.1) is 43.3 Å². The number of carbonyl (C=O) groups excluding carboxylic acids is 2. The second-order valence-corrected chi connectivity index (χ2v) is 11.7. The molecule has 0 bridgehead atoms. The number of methoxy groups -OCH3 is 1. The lowest BCUT2D eigenvalue weighted by atomic mass is 9.91. The van der Waals surface area contributed by atoms with Crippen molar-refractivity contribution < 1.29 is 54.1 Å². The van der Waals surface area contributed by atoms with Gasteiger partial charge in [-0.1, -0.05) is 5.16 Å². The van der Waals surface area contributed by atoms with Crippen molar-refractivity contribution in [3.63, 3.8) is 0 Å². The van der Waals surface area contributed by atoms with E-state index < -0.39 is 91.2 Å². The van der Waals surface area contributed by atoms with Crippen LogP contribution in [0.25, 0.3) is 5.65 Å².